The lowest BCUT2D eigenvalue weighted by molar-refractivity contribution is 0.168. The van der Waals surface area contributed by atoms with Gasteiger partial charge in [-0.15, -0.1) is 0 Å². The van der Waals surface area contributed by atoms with Gasteiger partial charge in [-0.25, -0.2) is 0 Å². The van der Waals surface area contributed by atoms with Crippen LogP contribution in [0, 0.1) is 0 Å². The number of nitrogens with zero attached hydrogens (tertiary/aromatic N) is 5. The van der Waals surface area contributed by atoms with Gasteiger partial charge in [-0.3, -0.25) is 9.89 Å². The highest BCUT2D eigenvalue weighted by Gasteiger charge is 2.20. The molecular formula is C20H30N6O. The molecule has 7 nitrogen and oxygen atoms in total. The molecule has 1 aliphatic heterocycles. The highest BCUT2D eigenvalue weighted by Crippen LogP contribution is 2.07. The quantitative estimate of drug-likeness (QED) is 0.589. The molecule has 27 heavy (non-hydrogen) atoms. The van der Waals surface area contributed by atoms with Gasteiger partial charge < -0.3 is 19.6 Å². The standard InChI is InChI=1S/C20H30N6O/c1-21-20(22-9-10-24(2)16-18-6-4-3-5-7-18)26-13-11-25(12-14-26)17-19-8-15-27-23-19/h3-8,15H,9-14,16-17H2,1-2H3,(H,21,22). The van der Waals surface area contributed by atoms with Crippen molar-refractivity contribution in [3.63, 3.8) is 0 Å². The third kappa shape index (κ3) is 6.08. The SMILES string of the molecule is CN=C(NCCN(C)Cc1ccccc1)N1CCN(Cc2ccon2)CC1. The lowest BCUT2D eigenvalue weighted by Gasteiger charge is -2.36. The minimum atomic E-state index is 0.848. The minimum Gasteiger partial charge on any atom is -0.364 e. The Morgan fingerprint density at radius 1 is 1.19 bits per heavy atom. The molecule has 0 amide bonds. The van der Waals surface area contributed by atoms with Crippen molar-refractivity contribution in [2.24, 2.45) is 4.99 Å². The average Bonchev–Trinajstić information content (AvgIpc) is 3.20. The zero-order valence-corrected chi connectivity index (χ0v) is 16.3. The van der Waals surface area contributed by atoms with Gasteiger partial charge in [-0.05, 0) is 12.6 Å². The smallest absolute Gasteiger partial charge is 0.193 e. The summed E-state index contributed by atoms with van der Waals surface area (Å²) in [5.74, 6) is 0.990. The molecule has 0 saturated carbocycles. The second-order valence-electron chi connectivity index (χ2n) is 6.95. The minimum absolute atomic E-state index is 0.848. The van der Waals surface area contributed by atoms with Gasteiger partial charge >= 0.3 is 0 Å². The molecule has 0 radical (unpaired) electrons. The summed E-state index contributed by atoms with van der Waals surface area (Å²) in [6, 6.07) is 12.5. The fraction of sp³-hybridized carbons (Fsp3) is 0.500. The van der Waals surface area contributed by atoms with Crippen LogP contribution in [0.2, 0.25) is 0 Å². The molecule has 7 heteroatoms. The van der Waals surface area contributed by atoms with Crippen molar-refractivity contribution < 1.29 is 4.52 Å². The van der Waals surface area contributed by atoms with Gasteiger partial charge in [-0.2, -0.15) is 0 Å². The second-order valence-corrected chi connectivity index (χ2v) is 6.95. The second kappa shape index (κ2) is 10.1. The molecule has 0 unspecified atom stereocenters. The van der Waals surface area contributed by atoms with Crippen LogP contribution in [-0.2, 0) is 13.1 Å². The third-order valence-electron chi connectivity index (χ3n) is 4.83. The molecule has 1 N–H and O–H groups in total. The number of rotatable bonds is 7. The average molecular weight is 371 g/mol. The first-order chi connectivity index (χ1) is 13.2. The molecule has 0 spiro atoms. The van der Waals surface area contributed by atoms with Gasteiger partial charge in [0, 0.05) is 65.5 Å². The van der Waals surface area contributed by atoms with E-state index in [1.165, 1.54) is 5.56 Å². The van der Waals surface area contributed by atoms with E-state index in [2.05, 4.69) is 67.5 Å². The summed E-state index contributed by atoms with van der Waals surface area (Å²) >= 11 is 0. The maximum Gasteiger partial charge on any atom is 0.193 e. The van der Waals surface area contributed by atoms with Crippen LogP contribution in [0.1, 0.15) is 11.3 Å². The number of guanidine groups is 1. The molecule has 1 saturated heterocycles. The number of piperazine rings is 1. The highest BCUT2D eigenvalue weighted by atomic mass is 16.5. The number of aromatic nitrogens is 1. The predicted octanol–water partition coefficient (Wildman–Crippen LogP) is 1.50. The molecule has 0 atom stereocenters. The summed E-state index contributed by atoms with van der Waals surface area (Å²) in [6.07, 6.45) is 1.63. The molecule has 1 aliphatic rings. The number of hydrogen-bond donors (Lipinski definition) is 1. The monoisotopic (exact) mass is 370 g/mol. The van der Waals surface area contributed by atoms with Crippen LogP contribution in [0.3, 0.4) is 0 Å². The van der Waals surface area contributed by atoms with E-state index in [0.29, 0.717) is 0 Å². The van der Waals surface area contributed by atoms with Crippen molar-refractivity contribution >= 4 is 5.96 Å². The molecule has 146 valence electrons. The molecular weight excluding hydrogens is 340 g/mol. The van der Waals surface area contributed by atoms with Crippen LogP contribution in [-0.4, -0.2) is 79.2 Å². The summed E-state index contributed by atoms with van der Waals surface area (Å²) in [5.41, 5.74) is 2.33. The van der Waals surface area contributed by atoms with Gasteiger partial charge in [-0.1, -0.05) is 35.5 Å². The van der Waals surface area contributed by atoms with E-state index >= 15 is 0 Å². The number of aliphatic imine (C=N–C) groups is 1. The molecule has 1 aromatic carbocycles. The van der Waals surface area contributed by atoms with E-state index in [1.54, 1.807) is 6.26 Å². The topological polar surface area (TPSA) is 60.1 Å². The van der Waals surface area contributed by atoms with Crippen LogP contribution in [0.25, 0.3) is 0 Å². The fourth-order valence-corrected chi connectivity index (χ4v) is 3.33. The maximum absolute atomic E-state index is 4.91. The van der Waals surface area contributed by atoms with Crippen LogP contribution >= 0.6 is 0 Å². The van der Waals surface area contributed by atoms with Gasteiger partial charge in [0.15, 0.2) is 5.96 Å². The lowest BCUT2D eigenvalue weighted by Crippen LogP contribution is -2.52. The van der Waals surface area contributed by atoms with Crippen LogP contribution < -0.4 is 5.32 Å². The Labute approximate surface area is 161 Å². The van der Waals surface area contributed by atoms with E-state index in [-0.39, 0.29) is 0 Å². The van der Waals surface area contributed by atoms with Gasteiger partial charge in [0.25, 0.3) is 0 Å². The highest BCUT2D eigenvalue weighted by molar-refractivity contribution is 5.80. The van der Waals surface area contributed by atoms with Crippen molar-refractivity contribution in [1.82, 2.24) is 25.2 Å². The van der Waals surface area contributed by atoms with E-state index in [9.17, 15) is 0 Å². The first-order valence-corrected chi connectivity index (χ1v) is 9.54. The molecule has 2 heterocycles. The van der Waals surface area contributed by atoms with Gasteiger partial charge in [0.2, 0.25) is 0 Å². The molecule has 3 rings (SSSR count). The Morgan fingerprint density at radius 2 is 1.96 bits per heavy atom. The van der Waals surface area contributed by atoms with Crippen molar-refractivity contribution in [3.05, 3.63) is 53.9 Å². The van der Waals surface area contributed by atoms with Crippen molar-refractivity contribution in [1.29, 1.82) is 0 Å². The van der Waals surface area contributed by atoms with Crippen LogP contribution in [0.5, 0.6) is 0 Å². The van der Waals surface area contributed by atoms with Crippen molar-refractivity contribution in [2.75, 3.05) is 53.4 Å². The normalized spacial score (nSPS) is 16.1. The number of benzene rings is 1. The van der Waals surface area contributed by atoms with Crippen molar-refractivity contribution in [3.8, 4) is 0 Å². The molecule has 1 aromatic heterocycles. The Hall–Kier alpha value is -2.38. The van der Waals surface area contributed by atoms with E-state index in [4.69, 9.17) is 4.52 Å². The molecule has 2 aromatic rings. The summed E-state index contributed by atoms with van der Waals surface area (Å²) in [4.78, 5) is 11.5. The number of hydrogen-bond acceptors (Lipinski definition) is 5. The Balaban J connectivity index is 1.37. The predicted molar refractivity (Wildman–Crippen MR) is 107 cm³/mol. The van der Waals surface area contributed by atoms with Gasteiger partial charge in [0.05, 0.1) is 5.69 Å². The fourth-order valence-electron chi connectivity index (χ4n) is 3.33. The third-order valence-corrected chi connectivity index (χ3v) is 4.83. The summed E-state index contributed by atoms with van der Waals surface area (Å²) in [7, 11) is 4.01. The van der Waals surface area contributed by atoms with Crippen LogP contribution in [0.4, 0.5) is 0 Å². The zero-order chi connectivity index (χ0) is 18.9. The first kappa shape index (κ1) is 19.4. The summed E-state index contributed by atoms with van der Waals surface area (Å²) in [6.45, 7) is 7.61. The summed E-state index contributed by atoms with van der Waals surface area (Å²) in [5, 5.41) is 7.50. The van der Waals surface area contributed by atoms with Gasteiger partial charge in [0.1, 0.15) is 6.26 Å². The number of likely N-dealkylation sites (N-methyl/N-ethyl adjacent to an activating group) is 1. The Kier molecular flexibility index (Phi) is 7.24. The van der Waals surface area contributed by atoms with E-state index in [1.807, 2.05) is 13.1 Å². The van der Waals surface area contributed by atoms with Crippen LogP contribution in [0.15, 0.2) is 52.2 Å². The summed E-state index contributed by atoms with van der Waals surface area (Å²) < 4.78 is 4.91. The Bertz CT molecular complexity index is 680. The lowest BCUT2D eigenvalue weighted by atomic mass is 10.2. The molecule has 0 aliphatic carbocycles. The van der Waals surface area contributed by atoms with Crippen molar-refractivity contribution in [2.45, 2.75) is 13.1 Å². The zero-order valence-electron chi connectivity index (χ0n) is 16.3. The van der Waals surface area contributed by atoms with E-state index in [0.717, 1.165) is 64.0 Å². The molecule has 0 bridgehead atoms. The van der Waals surface area contributed by atoms with E-state index < -0.39 is 0 Å². The molecule has 1 fully saturated rings. The first-order valence-electron chi connectivity index (χ1n) is 9.54. The largest absolute Gasteiger partial charge is 0.364 e. The maximum atomic E-state index is 4.91. The Morgan fingerprint density at radius 3 is 2.63 bits per heavy atom. The number of nitrogens with one attached hydrogen (secondary N) is 1.